The number of hydrogen-bond acceptors (Lipinski definition) is 4. The minimum atomic E-state index is -4.60. The molecular formula is C15H21F3N4O2. The van der Waals surface area contributed by atoms with Crippen molar-refractivity contribution in [1.82, 2.24) is 15.2 Å². The molecule has 0 spiro atoms. The molecule has 1 fully saturated rings. The summed E-state index contributed by atoms with van der Waals surface area (Å²) in [6, 6.07) is 4.78. The van der Waals surface area contributed by atoms with Crippen molar-refractivity contribution < 1.29 is 22.7 Å². The normalized spacial score (nSPS) is 18.2. The second kappa shape index (κ2) is 7.25. The van der Waals surface area contributed by atoms with Gasteiger partial charge in [-0.15, -0.1) is 0 Å². The van der Waals surface area contributed by atoms with Crippen LogP contribution in [0, 0.1) is 0 Å². The molecule has 1 N–H and O–H groups in total. The third kappa shape index (κ3) is 4.08. The first kappa shape index (κ1) is 18.3. The number of piperazine rings is 1. The fourth-order valence-corrected chi connectivity index (χ4v) is 2.47. The fourth-order valence-electron chi connectivity index (χ4n) is 2.47. The predicted octanol–water partition coefficient (Wildman–Crippen LogP) is 1.88. The predicted molar refractivity (Wildman–Crippen MR) is 82.9 cm³/mol. The van der Waals surface area contributed by atoms with Crippen molar-refractivity contribution in [3.05, 3.63) is 24.4 Å². The van der Waals surface area contributed by atoms with E-state index in [0.29, 0.717) is 26.2 Å². The number of methoxy groups -OCH3 is 1. The number of hydrogen-bond donors (Lipinski definition) is 1. The van der Waals surface area contributed by atoms with E-state index in [0.717, 1.165) is 12.7 Å². The summed E-state index contributed by atoms with van der Waals surface area (Å²) in [5.41, 5.74) is -2.42. The molecule has 0 radical (unpaired) electrons. The summed E-state index contributed by atoms with van der Waals surface area (Å²) < 4.78 is 44.1. The van der Waals surface area contributed by atoms with Crippen LogP contribution in [-0.2, 0) is 4.74 Å². The van der Waals surface area contributed by atoms with Gasteiger partial charge in [-0.25, -0.2) is 9.78 Å². The summed E-state index contributed by atoms with van der Waals surface area (Å²) in [7, 11) is 1.17. The maximum atomic E-state index is 13.2. The van der Waals surface area contributed by atoms with Gasteiger partial charge in [-0.1, -0.05) is 6.07 Å². The molecule has 1 aromatic rings. The van der Waals surface area contributed by atoms with E-state index in [-0.39, 0.29) is 0 Å². The number of alkyl halides is 3. The van der Waals surface area contributed by atoms with Crippen LogP contribution in [-0.4, -0.2) is 67.5 Å². The number of ether oxygens (including phenoxy) is 1. The fraction of sp³-hybridized carbons (Fsp3) is 0.600. The summed E-state index contributed by atoms with van der Waals surface area (Å²) in [6.07, 6.45) is -2.93. The smallest absolute Gasteiger partial charge is 0.382 e. The van der Waals surface area contributed by atoms with E-state index in [1.165, 1.54) is 12.0 Å². The first-order chi connectivity index (χ1) is 11.3. The zero-order valence-electron chi connectivity index (χ0n) is 13.6. The van der Waals surface area contributed by atoms with Crippen LogP contribution in [0.1, 0.15) is 6.92 Å². The molecular weight excluding hydrogens is 325 g/mol. The quantitative estimate of drug-likeness (QED) is 0.904. The van der Waals surface area contributed by atoms with E-state index in [4.69, 9.17) is 0 Å². The number of carbonyl (C=O) groups is 1. The lowest BCUT2D eigenvalue weighted by molar-refractivity contribution is -0.200. The first-order valence-electron chi connectivity index (χ1n) is 7.55. The van der Waals surface area contributed by atoms with Gasteiger partial charge in [0, 0.05) is 39.5 Å². The average molecular weight is 346 g/mol. The van der Waals surface area contributed by atoms with Crippen LogP contribution < -0.4 is 10.2 Å². The highest BCUT2D eigenvalue weighted by Crippen LogP contribution is 2.30. The molecule has 1 aliphatic rings. The van der Waals surface area contributed by atoms with Crippen molar-refractivity contribution in [2.24, 2.45) is 0 Å². The first-order valence-corrected chi connectivity index (χ1v) is 7.55. The van der Waals surface area contributed by atoms with Crippen molar-refractivity contribution in [3.8, 4) is 0 Å². The Morgan fingerprint density at radius 1 is 1.29 bits per heavy atom. The standard InChI is InChI=1S/C15H21F3N4O2/c1-14(11-24-2,15(16,17)18)20-13(23)22-9-7-21(8-10-22)12-5-3-4-6-19-12/h3-6H,7-11H2,1-2H3,(H,20,23). The highest BCUT2D eigenvalue weighted by molar-refractivity contribution is 5.75. The van der Waals surface area contributed by atoms with Gasteiger partial charge in [-0.05, 0) is 19.1 Å². The molecule has 0 bridgehead atoms. The van der Waals surface area contributed by atoms with E-state index in [1.807, 2.05) is 17.0 Å². The Kier molecular flexibility index (Phi) is 5.53. The molecule has 0 aromatic carbocycles. The molecule has 1 saturated heterocycles. The highest BCUT2D eigenvalue weighted by Gasteiger charge is 2.52. The van der Waals surface area contributed by atoms with Crippen LogP contribution in [0.15, 0.2) is 24.4 Å². The molecule has 6 nitrogen and oxygen atoms in total. The number of amides is 2. The Balaban J connectivity index is 1.95. The minimum absolute atomic E-state index is 0.323. The van der Waals surface area contributed by atoms with Gasteiger partial charge in [0.15, 0.2) is 5.54 Å². The summed E-state index contributed by atoms with van der Waals surface area (Å²) in [4.78, 5) is 19.8. The number of nitrogens with zero attached hydrogens (tertiary/aromatic N) is 3. The molecule has 24 heavy (non-hydrogen) atoms. The van der Waals surface area contributed by atoms with Crippen LogP contribution >= 0.6 is 0 Å². The van der Waals surface area contributed by atoms with Crippen LogP contribution in [0.25, 0.3) is 0 Å². The van der Waals surface area contributed by atoms with Gasteiger partial charge in [0.05, 0.1) is 6.61 Å². The lowest BCUT2D eigenvalue weighted by Gasteiger charge is -2.38. The number of anilines is 1. The Hall–Kier alpha value is -2.03. The van der Waals surface area contributed by atoms with E-state index in [2.05, 4.69) is 15.0 Å². The van der Waals surface area contributed by atoms with Crippen molar-refractivity contribution >= 4 is 11.8 Å². The van der Waals surface area contributed by atoms with Gasteiger partial charge in [-0.2, -0.15) is 13.2 Å². The largest absolute Gasteiger partial charge is 0.413 e. The third-order valence-electron chi connectivity index (χ3n) is 3.98. The summed E-state index contributed by atoms with van der Waals surface area (Å²) in [5.74, 6) is 0.789. The van der Waals surface area contributed by atoms with Gasteiger partial charge in [0.25, 0.3) is 0 Å². The summed E-state index contributed by atoms with van der Waals surface area (Å²) in [5, 5.41) is 2.06. The Labute approximate surface area is 138 Å². The summed E-state index contributed by atoms with van der Waals surface area (Å²) >= 11 is 0. The number of nitrogens with one attached hydrogen (secondary N) is 1. The molecule has 1 unspecified atom stereocenters. The molecule has 1 aromatic heterocycles. The maximum absolute atomic E-state index is 13.2. The van der Waals surface area contributed by atoms with Crippen molar-refractivity contribution in [2.75, 3.05) is 44.8 Å². The van der Waals surface area contributed by atoms with Crippen LogP contribution in [0.3, 0.4) is 0 Å². The molecule has 1 aliphatic heterocycles. The Morgan fingerprint density at radius 3 is 2.46 bits per heavy atom. The Bertz CT molecular complexity index is 547. The zero-order valence-corrected chi connectivity index (χ0v) is 13.6. The van der Waals surface area contributed by atoms with Crippen LogP contribution in [0.5, 0.6) is 0 Å². The number of urea groups is 1. The van der Waals surface area contributed by atoms with Gasteiger partial charge in [-0.3, -0.25) is 0 Å². The molecule has 2 amide bonds. The molecule has 1 atom stereocenters. The zero-order chi connectivity index (χ0) is 17.8. The van der Waals surface area contributed by atoms with E-state index in [9.17, 15) is 18.0 Å². The SMILES string of the molecule is COCC(C)(NC(=O)N1CCN(c2ccccn2)CC1)C(F)(F)F. The van der Waals surface area contributed by atoms with Gasteiger partial charge >= 0.3 is 12.2 Å². The van der Waals surface area contributed by atoms with E-state index < -0.39 is 24.4 Å². The molecule has 9 heteroatoms. The number of aromatic nitrogens is 1. The Morgan fingerprint density at radius 2 is 1.96 bits per heavy atom. The minimum Gasteiger partial charge on any atom is -0.382 e. The number of rotatable bonds is 4. The second-order valence-corrected chi connectivity index (χ2v) is 5.86. The highest BCUT2D eigenvalue weighted by atomic mass is 19.4. The maximum Gasteiger partial charge on any atom is 0.413 e. The third-order valence-corrected chi connectivity index (χ3v) is 3.98. The van der Waals surface area contributed by atoms with E-state index in [1.54, 1.807) is 12.3 Å². The molecule has 0 saturated carbocycles. The van der Waals surface area contributed by atoms with Crippen molar-refractivity contribution in [1.29, 1.82) is 0 Å². The molecule has 0 aliphatic carbocycles. The van der Waals surface area contributed by atoms with Gasteiger partial charge in [0.1, 0.15) is 5.82 Å². The molecule has 2 heterocycles. The van der Waals surface area contributed by atoms with Crippen LogP contribution in [0.2, 0.25) is 0 Å². The van der Waals surface area contributed by atoms with Gasteiger partial charge in [0.2, 0.25) is 0 Å². The van der Waals surface area contributed by atoms with E-state index >= 15 is 0 Å². The lowest BCUT2D eigenvalue weighted by atomic mass is 10.0. The summed E-state index contributed by atoms with van der Waals surface area (Å²) in [6.45, 7) is 1.94. The van der Waals surface area contributed by atoms with Gasteiger partial charge < -0.3 is 19.9 Å². The number of pyridine rings is 1. The van der Waals surface area contributed by atoms with Crippen LogP contribution in [0.4, 0.5) is 23.8 Å². The average Bonchev–Trinajstić information content (AvgIpc) is 2.55. The number of carbonyl (C=O) groups excluding carboxylic acids is 1. The lowest BCUT2D eigenvalue weighted by Crippen LogP contribution is -2.63. The number of halogens is 3. The van der Waals surface area contributed by atoms with Crippen molar-refractivity contribution in [2.45, 2.75) is 18.6 Å². The second-order valence-electron chi connectivity index (χ2n) is 5.86. The monoisotopic (exact) mass is 346 g/mol. The molecule has 2 rings (SSSR count). The topological polar surface area (TPSA) is 57.7 Å². The molecule has 134 valence electrons. The van der Waals surface area contributed by atoms with Crippen molar-refractivity contribution in [3.63, 3.8) is 0 Å².